The minimum Gasteiger partial charge on any atom is -0.481 e. The van der Waals surface area contributed by atoms with Gasteiger partial charge in [0.05, 0.1) is 11.5 Å². The van der Waals surface area contributed by atoms with Gasteiger partial charge in [0.25, 0.3) is 5.91 Å². The first-order valence-corrected chi connectivity index (χ1v) is 5.93. The highest BCUT2D eigenvalue weighted by atomic mass is 19.1. The number of anilines is 1. The number of hydrogen-bond acceptors (Lipinski definition) is 3. The molecule has 0 aliphatic heterocycles. The lowest BCUT2D eigenvalue weighted by Crippen LogP contribution is -2.33. The van der Waals surface area contributed by atoms with Gasteiger partial charge in [-0.15, -0.1) is 0 Å². The van der Waals surface area contributed by atoms with Crippen LogP contribution in [0.3, 0.4) is 0 Å². The number of nitrogens with zero attached hydrogens (tertiary/aromatic N) is 1. The molecule has 1 aromatic carbocycles. The highest BCUT2D eigenvalue weighted by Crippen LogP contribution is 2.22. The van der Waals surface area contributed by atoms with Crippen molar-refractivity contribution in [2.75, 3.05) is 18.0 Å². The molecule has 0 heterocycles. The van der Waals surface area contributed by atoms with Crippen molar-refractivity contribution in [2.45, 2.75) is 13.8 Å². The summed E-state index contributed by atoms with van der Waals surface area (Å²) in [7, 11) is 0. The molecule has 0 saturated heterocycles. The fraction of sp³-hybridized carbons (Fsp3) is 0.385. The zero-order chi connectivity index (χ0) is 14.6. The van der Waals surface area contributed by atoms with Crippen molar-refractivity contribution in [1.82, 2.24) is 0 Å². The molecule has 0 aliphatic rings. The molecule has 0 radical (unpaired) electrons. The van der Waals surface area contributed by atoms with Gasteiger partial charge >= 0.3 is 5.97 Å². The molecule has 1 unspecified atom stereocenters. The van der Waals surface area contributed by atoms with E-state index in [1.165, 1.54) is 12.1 Å². The third-order valence-electron chi connectivity index (χ3n) is 2.86. The van der Waals surface area contributed by atoms with Crippen molar-refractivity contribution < 1.29 is 19.1 Å². The molecular weight excluding hydrogens is 251 g/mol. The van der Waals surface area contributed by atoms with Crippen LogP contribution in [0.15, 0.2) is 18.2 Å². The number of carbonyl (C=O) groups excluding carboxylic acids is 1. The van der Waals surface area contributed by atoms with Gasteiger partial charge in [-0.3, -0.25) is 9.59 Å². The average molecular weight is 268 g/mol. The summed E-state index contributed by atoms with van der Waals surface area (Å²) in [5, 5.41) is 8.92. The Morgan fingerprint density at radius 1 is 1.47 bits per heavy atom. The summed E-state index contributed by atoms with van der Waals surface area (Å²) in [4.78, 5) is 23.9. The maximum atomic E-state index is 13.1. The molecule has 19 heavy (non-hydrogen) atoms. The van der Waals surface area contributed by atoms with E-state index in [2.05, 4.69) is 0 Å². The third-order valence-corrected chi connectivity index (χ3v) is 2.86. The number of carbonyl (C=O) groups is 2. The minimum absolute atomic E-state index is 0.0550. The summed E-state index contributed by atoms with van der Waals surface area (Å²) in [5.74, 6) is -2.83. The molecule has 1 rings (SSSR count). The third kappa shape index (κ3) is 3.67. The molecule has 5 nitrogen and oxygen atoms in total. The van der Waals surface area contributed by atoms with Crippen molar-refractivity contribution in [3.63, 3.8) is 0 Å². The van der Waals surface area contributed by atoms with E-state index >= 15 is 0 Å². The summed E-state index contributed by atoms with van der Waals surface area (Å²) in [6, 6.07) is 3.72. The van der Waals surface area contributed by atoms with Gasteiger partial charge in [0.1, 0.15) is 5.82 Å². The topological polar surface area (TPSA) is 83.6 Å². The number of carboxylic acids is 1. The summed E-state index contributed by atoms with van der Waals surface area (Å²) < 4.78 is 13.1. The first-order valence-electron chi connectivity index (χ1n) is 5.93. The summed E-state index contributed by atoms with van der Waals surface area (Å²) >= 11 is 0. The van der Waals surface area contributed by atoms with E-state index in [0.29, 0.717) is 12.2 Å². The standard InChI is InChI=1S/C13H17FN2O3/c1-3-16(7-8(2)13(18)19)11-5-4-9(14)6-10(11)12(15)17/h4-6,8H,3,7H2,1-2H3,(H2,15,17)(H,18,19). The van der Waals surface area contributed by atoms with E-state index in [4.69, 9.17) is 10.8 Å². The van der Waals surface area contributed by atoms with Crippen LogP contribution in [0, 0.1) is 11.7 Å². The van der Waals surface area contributed by atoms with Crippen LogP contribution in [0.5, 0.6) is 0 Å². The van der Waals surface area contributed by atoms with E-state index in [1.807, 2.05) is 6.92 Å². The molecule has 1 atom stereocenters. The van der Waals surface area contributed by atoms with Crippen molar-refractivity contribution in [1.29, 1.82) is 0 Å². The van der Waals surface area contributed by atoms with Gasteiger partial charge in [0.2, 0.25) is 0 Å². The molecule has 0 spiro atoms. The predicted octanol–water partition coefficient (Wildman–Crippen LogP) is 1.47. The van der Waals surface area contributed by atoms with E-state index in [9.17, 15) is 14.0 Å². The Hall–Kier alpha value is -2.11. The van der Waals surface area contributed by atoms with E-state index in [-0.39, 0.29) is 12.1 Å². The van der Waals surface area contributed by atoms with Crippen LogP contribution < -0.4 is 10.6 Å². The monoisotopic (exact) mass is 268 g/mol. The second-order valence-corrected chi connectivity index (χ2v) is 4.30. The van der Waals surface area contributed by atoms with E-state index in [0.717, 1.165) is 6.07 Å². The first-order chi connectivity index (χ1) is 8.86. The van der Waals surface area contributed by atoms with Crippen molar-refractivity contribution in [3.05, 3.63) is 29.6 Å². The lowest BCUT2D eigenvalue weighted by molar-refractivity contribution is -0.140. The molecule has 0 bridgehead atoms. The maximum absolute atomic E-state index is 13.1. The quantitative estimate of drug-likeness (QED) is 0.818. The number of nitrogens with two attached hydrogens (primary N) is 1. The van der Waals surface area contributed by atoms with Crippen LogP contribution in [-0.4, -0.2) is 30.1 Å². The van der Waals surface area contributed by atoms with E-state index in [1.54, 1.807) is 11.8 Å². The fourth-order valence-corrected chi connectivity index (χ4v) is 1.79. The molecule has 3 N–H and O–H groups in total. The van der Waals surface area contributed by atoms with Crippen LogP contribution in [0.4, 0.5) is 10.1 Å². The number of rotatable bonds is 6. The van der Waals surface area contributed by atoms with Crippen LogP contribution in [0.2, 0.25) is 0 Å². The average Bonchev–Trinajstić information content (AvgIpc) is 2.35. The number of aliphatic carboxylic acids is 1. The Balaban J connectivity index is 3.11. The second kappa shape index (κ2) is 6.17. The minimum atomic E-state index is -0.929. The number of carboxylic acid groups (broad SMARTS) is 1. The van der Waals surface area contributed by atoms with Gasteiger partial charge in [-0.2, -0.15) is 0 Å². The molecule has 104 valence electrons. The Bertz CT molecular complexity index is 491. The fourth-order valence-electron chi connectivity index (χ4n) is 1.79. The molecule has 0 saturated carbocycles. The molecule has 1 amide bonds. The molecule has 0 fully saturated rings. The van der Waals surface area contributed by atoms with Crippen molar-refractivity contribution >= 4 is 17.6 Å². The highest BCUT2D eigenvalue weighted by Gasteiger charge is 2.19. The molecule has 0 aliphatic carbocycles. The SMILES string of the molecule is CCN(CC(C)C(=O)O)c1ccc(F)cc1C(N)=O. The van der Waals surface area contributed by atoms with Crippen LogP contribution in [0.25, 0.3) is 0 Å². The molecule has 0 aromatic heterocycles. The van der Waals surface area contributed by atoms with Crippen molar-refractivity contribution in [3.8, 4) is 0 Å². The summed E-state index contributed by atoms with van der Waals surface area (Å²) in [6.45, 7) is 4.10. The normalized spacial score (nSPS) is 11.9. The number of amides is 1. The smallest absolute Gasteiger partial charge is 0.308 e. The van der Waals surface area contributed by atoms with Crippen molar-refractivity contribution in [2.24, 2.45) is 11.7 Å². The Morgan fingerprint density at radius 2 is 2.11 bits per heavy atom. The first kappa shape index (κ1) is 14.9. The van der Waals surface area contributed by atoms with Crippen LogP contribution in [0.1, 0.15) is 24.2 Å². The second-order valence-electron chi connectivity index (χ2n) is 4.30. The Labute approximate surface area is 110 Å². The van der Waals surface area contributed by atoms with Gasteiger partial charge < -0.3 is 15.7 Å². The van der Waals surface area contributed by atoms with Gasteiger partial charge in [0, 0.05) is 18.8 Å². The van der Waals surface area contributed by atoms with Crippen LogP contribution in [-0.2, 0) is 4.79 Å². The largest absolute Gasteiger partial charge is 0.481 e. The Kier molecular flexibility index (Phi) is 4.86. The summed E-state index contributed by atoms with van der Waals surface area (Å²) in [6.07, 6.45) is 0. The molecule has 1 aromatic rings. The Morgan fingerprint density at radius 3 is 2.58 bits per heavy atom. The number of hydrogen-bond donors (Lipinski definition) is 2. The lowest BCUT2D eigenvalue weighted by atomic mass is 10.1. The number of halogens is 1. The van der Waals surface area contributed by atoms with Gasteiger partial charge in [-0.05, 0) is 25.1 Å². The predicted molar refractivity (Wildman–Crippen MR) is 69.6 cm³/mol. The number of primary amides is 1. The lowest BCUT2D eigenvalue weighted by Gasteiger charge is -2.26. The zero-order valence-corrected chi connectivity index (χ0v) is 10.9. The van der Waals surface area contributed by atoms with Crippen LogP contribution >= 0.6 is 0 Å². The zero-order valence-electron chi connectivity index (χ0n) is 10.9. The maximum Gasteiger partial charge on any atom is 0.308 e. The summed E-state index contributed by atoms with van der Waals surface area (Å²) in [5.41, 5.74) is 5.72. The van der Waals surface area contributed by atoms with E-state index < -0.39 is 23.6 Å². The van der Waals surface area contributed by atoms with Gasteiger partial charge in [-0.1, -0.05) is 6.92 Å². The highest BCUT2D eigenvalue weighted by molar-refractivity contribution is 5.98. The van der Waals surface area contributed by atoms with Gasteiger partial charge in [-0.25, -0.2) is 4.39 Å². The molecular formula is C13H17FN2O3. The van der Waals surface area contributed by atoms with Gasteiger partial charge in [0.15, 0.2) is 0 Å². The number of benzene rings is 1. The molecule has 6 heteroatoms.